The van der Waals surface area contributed by atoms with Crippen molar-refractivity contribution in [1.82, 2.24) is 10.3 Å². The van der Waals surface area contributed by atoms with E-state index in [1.165, 1.54) is 12.3 Å². The highest BCUT2D eigenvalue weighted by Gasteiger charge is 2.29. The standard InChI is InChI=1S/C35H33ClFN3O3/c36-29-15-24(20-40-31-10-3-4-11-32(31)41)34(42-21-23-14-22(17-38)18-39-19-23)16-35(29)43-33-13-12-26-25(7-5-8-28(26)33)27-6-1-2-9-30(27)37/h1-2,5-9,14-16,18-19,31-33,40-41H,3-4,10-13,20-21H2/t31-,32-,33+/m1/s1. The van der Waals surface area contributed by atoms with Crippen LogP contribution in [-0.4, -0.2) is 22.2 Å². The number of aromatic nitrogens is 1. The van der Waals surface area contributed by atoms with Crippen LogP contribution < -0.4 is 14.8 Å². The summed E-state index contributed by atoms with van der Waals surface area (Å²) in [5, 5.41) is 23.7. The maximum Gasteiger partial charge on any atom is 0.142 e. The number of fused-ring (bicyclic) bond motifs is 1. The second kappa shape index (κ2) is 13.1. The normalized spacial score (nSPS) is 19.4. The van der Waals surface area contributed by atoms with Crippen molar-refractivity contribution in [2.24, 2.45) is 0 Å². The van der Waals surface area contributed by atoms with E-state index in [2.05, 4.69) is 16.4 Å². The maximum absolute atomic E-state index is 14.7. The van der Waals surface area contributed by atoms with E-state index in [4.69, 9.17) is 21.1 Å². The predicted molar refractivity (Wildman–Crippen MR) is 163 cm³/mol. The fourth-order valence-corrected chi connectivity index (χ4v) is 6.37. The first-order valence-electron chi connectivity index (χ1n) is 14.7. The summed E-state index contributed by atoms with van der Waals surface area (Å²) < 4.78 is 27.5. The fourth-order valence-electron chi connectivity index (χ4n) is 6.14. The van der Waals surface area contributed by atoms with E-state index in [-0.39, 0.29) is 30.7 Å². The van der Waals surface area contributed by atoms with Crippen molar-refractivity contribution in [3.63, 3.8) is 0 Å². The Kier molecular flexibility index (Phi) is 8.90. The molecule has 4 aromatic rings. The number of halogens is 2. The van der Waals surface area contributed by atoms with Crippen LogP contribution in [0.1, 0.15) is 66.0 Å². The summed E-state index contributed by atoms with van der Waals surface area (Å²) in [5.74, 6) is 0.847. The first-order valence-corrected chi connectivity index (χ1v) is 15.1. The molecule has 2 N–H and O–H groups in total. The van der Waals surface area contributed by atoms with Crippen molar-refractivity contribution < 1.29 is 19.0 Å². The van der Waals surface area contributed by atoms with Gasteiger partial charge in [0.15, 0.2) is 0 Å². The van der Waals surface area contributed by atoms with Gasteiger partial charge >= 0.3 is 0 Å². The number of nitrogens with one attached hydrogen (secondary N) is 1. The molecular formula is C35H33ClFN3O3. The third-order valence-corrected chi connectivity index (χ3v) is 8.66. The molecule has 0 saturated heterocycles. The third-order valence-electron chi connectivity index (χ3n) is 8.37. The summed E-state index contributed by atoms with van der Waals surface area (Å²) >= 11 is 6.81. The molecule has 1 aromatic heterocycles. The average molecular weight is 598 g/mol. The first kappa shape index (κ1) is 29.1. The topological polar surface area (TPSA) is 87.4 Å². The Bertz CT molecular complexity index is 1660. The average Bonchev–Trinajstić information content (AvgIpc) is 3.44. The Morgan fingerprint density at radius 2 is 1.84 bits per heavy atom. The summed E-state index contributed by atoms with van der Waals surface area (Å²) in [6.45, 7) is 0.673. The number of rotatable bonds is 9. The molecule has 0 radical (unpaired) electrons. The zero-order valence-electron chi connectivity index (χ0n) is 23.7. The van der Waals surface area contributed by atoms with Gasteiger partial charge in [0.1, 0.15) is 36.1 Å². The number of nitrogens with zero attached hydrogens (tertiary/aromatic N) is 2. The van der Waals surface area contributed by atoms with Crippen molar-refractivity contribution in [3.8, 4) is 28.7 Å². The van der Waals surface area contributed by atoms with Crippen LogP contribution in [0, 0.1) is 17.1 Å². The Morgan fingerprint density at radius 1 is 1.00 bits per heavy atom. The molecule has 2 aliphatic carbocycles. The van der Waals surface area contributed by atoms with Crippen LogP contribution in [0.5, 0.6) is 11.5 Å². The van der Waals surface area contributed by atoms with Gasteiger partial charge < -0.3 is 19.9 Å². The predicted octanol–water partition coefficient (Wildman–Crippen LogP) is 7.45. The van der Waals surface area contributed by atoms with E-state index in [9.17, 15) is 14.8 Å². The highest BCUT2D eigenvalue weighted by molar-refractivity contribution is 6.32. The highest BCUT2D eigenvalue weighted by Crippen LogP contribution is 2.43. The number of aliphatic hydroxyl groups excluding tert-OH is 1. The smallest absolute Gasteiger partial charge is 0.142 e. The molecule has 0 aliphatic heterocycles. The van der Waals surface area contributed by atoms with Crippen LogP contribution in [0.3, 0.4) is 0 Å². The summed E-state index contributed by atoms with van der Waals surface area (Å²) in [7, 11) is 0. The molecule has 3 atom stereocenters. The second-order valence-corrected chi connectivity index (χ2v) is 11.6. The largest absolute Gasteiger partial charge is 0.488 e. The maximum atomic E-state index is 14.7. The number of hydrogen-bond donors (Lipinski definition) is 2. The van der Waals surface area contributed by atoms with Crippen molar-refractivity contribution in [3.05, 3.63) is 112 Å². The second-order valence-electron chi connectivity index (χ2n) is 11.2. The van der Waals surface area contributed by atoms with Crippen molar-refractivity contribution in [1.29, 1.82) is 5.26 Å². The number of benzene rings is 3. The molecule has 6 rings (SSSR count). The molecule has 1 saturated carbocycles. The SMILES string of the molecule is N#Cc1cncc(COc2cc(O[C@H]3CCc4c(-c5ccccc5F)cccc43)c(Cl)cc2CN[C@@H]2CCCC[C@H]2O)c1. The zero-order valence-corrected chi connectivity index (χ0v) is 24.5. The van der Waals surface area contributed by atoms with Gasteiger partial charge in [0.25, 0.3) is 0 Å². The molecule has 220 valence electrons. The monoisotopic (exact) mass is 597 g/mol. The molecular weight excluding hydrogens is 565 g/mol. The molecule has 2 aliphatic rings. The third kappa shape index (κ3) is 6.52. The Hall–Kier alpha value is -3.96. The summed E-state index contributed by atoms with van der Waals surface area (Å²) in [4.78, 5) is 4.14. The van der Waals surface area contributed by atoms with Gasteiger partial charge in [0.2, 0.25) is 0 Å². The van der Waals surface area contributed by atoms with Crippen molar-refractivity contribution >= 4 is 11.6 Å². The Balaban J connectivity index is 1.26. The minimum atomic E-state index is -0.382. The van der Waals surface area contributed by atoms with Crippen molar-refractivity contribution in [2.75, 3.05) is 0 Å². The van der Waals surface area contributed by atoms with Crippen LogP contribution in [0.25, 0.3) is 11.1 Å². The quantitative estimate of drug-likeness (QED) is 0.208. The van der Waals surface area contributed by atoms with Gasteiger partial charge in [0, 0.05) is 47.7 Å². The van der Waals surface area contributed by atoms with Gasteiger partial charge in [-0.05, 0) is 60.6 Å². The minimum absolute atomic E-state index is 0.00597. The van der Waals surface area contributed by atoms with Gasteiger partial charge in [-0.3, -0.25) is 4.98 Å². The molecule has 8 heteroatoms. The number of hydrogen-bond acceptors (Lipinski definition) is 6. The molecule has 3 aromatic carbocycles. The van der Waals surface area contributed by atoms with Crippen LogP contribution in [-0.2, 0) is 19.6 Å². The van der Waals surface area contributed by atoms with Crippen LogP contribution >= 0.6 is 11.6 Å². The Morgan fingerprint density at radius 3 is 2.67 bits per heavy atom. The molecule has 0 bridgehead atoms. The van der Waals surface area contributed by atoms with Gasteiger partial charge in [-0.15, -0.1) is 0 Å². The molecule has 43 heavy (non-hydrogen) atoms. The van der Waals surface area contributed by atoms with E-state index in [0.29, 0.717) is 34.2 Å². The number of pyridine rings is 1. The number of nitriles is 1. The van der Waals surface area contributed by atoms with Gasteiger partial charge in [0.05, 0.1) is 16.7 Å². The van der Waals surface area contributed by atoms with E-state index in [1.807, 2.05) is 36.4 Å². The van der Waals surface area contributed by atoms with E-state index in [1.54, 1.807) is 24.4 Å². The van der Waals surface area contributed by atoms with Crippen molar-refractivity contribution in [2.45, 2.75) is 69.9 Å². The summed E-state index contributed by atoms with van der Waals surface area (Å²) in [6, 6.07) is 20.3. The van der Waals surface area contributed by atoms with Crippen LogP contribution in [0.2, 0.25) is 5.02 Å². The molecule has 0 spiro atoms. The molecule has 6 nitrogen and oxygen atoms in total. The van der Waals surface area contributed by atoms with Crippen LogP contribution in [0.15, 0.2) is 73.1 Å². The summed E-state index contributed by atoms with van der Waals surface area (Å²) in [5.41, 5.74) is 5.65. The minimum Gasteiger partial charge on any atom is -0.488 e. The molecule has 0 amide bonds. The fraction of sp³-hybridized carbons (Fsp3) is 0.314. The van der Waals surface area contributed by atoms with Gasteiger partial charge in [-0.1, -0.05) is 60.8 Å². The lowest BCUT2D eigenvalue weighted by molar-refractivity contribution is 0.0901. The van der Waals surface area contributed by atoms with Crippen LogP contribution in [0.4, 0.5) is 4.39 Å². The molecule has 1 fully saturated rings. The molecule has 0 unspecified atom stereocenters. The van der Waals surface area contributed by atoms with Gasteiger partial charge in [-0.2, -0.15) is 5.26 Å². The zero-order chi connectivity index (χ0) is 29.8. The summed E-state index contributed by atoms with van der Waals surface area (Å²) in [6.07, 6.45) is 7.88. The Labute approximate surface area is 256 Å². The van der Waals surface area contributed by atoms with E-state index >= 15 is 0 Å². The number of aliphatic hydroxyl groups is 1. The lowest BCUT2D eigenvalue weighted by Gasteiger charge is -2.29. The molecule has 1 heterocycles. The lowest BCUT2D eigenvalue weighted by Crippen LogP contribution is -2.41. The number of ether oxygens (including phenoxy) is 2. The highest BCUT2D eigenvalue weighted by atomic mass is 35.5. The first-order chi connectivity index (χ1) is 21.0. The lowest BCUT2D eigenvalue weighted by atomic mass is 9.92. The van der Waals surface area contributed by atoms with E-state index < -0.39 is 0 Å². The van der Waals surface area contributed by atoms with E-state index in [0.717, 1.165) is 66.3 Å². The van der Waals surface area contributed by atoms with Gasteiger partial charge in [-0.25, -0.2) is 4.39 Å².